The largest absolute Gasteiger partial charge is 0.456 e. The van der Waals surface area contributed by atoms with Gasteiger partial charge in [-0.3, -0.25) is 4.18 Å². The molecule has 4 atom stereocenters. The number of hydrogen-bond donors (Lipinski definition) is 0. The van der Waals surface area contributed by atoms with E-state index >= 15 is 0 Å². The fourth-order valence-electron chi connectivity index (χ4n) is 2.78. The molecule has 0 aromatic heterocycles. The molecule has 17 heavy (non-hydrogen) atoms. The highest BCUT2D eigenvalue weighted by Gasteiger charge is 2.60. The normalized spacial score (nSPS) is 40.2. The second-order valence-corrected chi connectivity index (χ2v) is 6.31. The first-order valence-corrected chi connectivity index (χ1v) is 6.82. The molecular weight excluding hydrogens is 244 g/mol. The molecule has 1 aliphatic heterocycles. The third-order valence-electron chi connectivity index (χ3n) is 3.53. The van der Waals surface area contributed by atoms with E-state index in [0.29, 0.717) is 16.9 Å². The van der Waals surface area contributed by atoms with E-state index in [1.54, 1.807) is 13.0 Å². The highest BCUT2D eigenvalue weighted by Crippen LogP contribution is 2.54. The Labute approximate surface area is 99.2 Å². The van der Waals surface area contributed by atoms with Gasteiger partial charge in [0, 0.05) is 17.4 Å². The summed E-state index contributed by atoms with van der Waals surface area (Å²) in [6, 6.07) is 0. The minimum Gasteiger partial charge on any atom is -0.456 e. The SMILES string of the molecule is C=C(C)C(=O)OC1C2C=C3C(C2)C1OS3(=O)=O. The van der Waals surface area contributed by atoms with Crippen LogP contribution in [-0.4, -0.2) is 26.6 Å². The molecule has 3 aliphatic rings. The van der Waals surface area contributed by atoms with Gasteiger partial charge in [0.15, 0.2) is 0 Å². The predicted octanol–water partition coefficient (Wildman–Crippen LogP) is 0.736. The molecule has 2 bridgehead atoms. The molecule has 4 unspecified atom stereocenters. The van der Waals surface area contributed by atoms with Crippen LogP contribution in [0.1, 0.15) is 13.3 Å². The van der Waals surface area contributed by atoms with E-state index in [1.807, 2.05) is 0 Å². The Morgan fingerprint density at radius 1 is 1.59 bits per heavy atom. The molecule has 2 aliphatic carbocycles. The van der Waals surface area contributed by atoms with Gasteiger partial charge in [-0.05, 0) is 13.3 Å². The number of ether oxygens (including phenoxy) is 1. The summed E-state index contributed by atoms with van der Waals surface area (Å²) in [4.78, 5) is 11.8. The molecule has 2 fully saturated rings. The lowest BCUT2D eigenvalue weighted by Gasteiger charge is -2.22. The zero-order chi connectivity index (χ0) is 12.4. The van der Waals surface area contributed by atoms with Crippen LogP contribution in [0.15, 0.2) is 23.1 Å². The highest BCUT2D eigenvalue weighted by molar-refractivity contribution is 7.91. The quantitative estimate of drug-likeness (QED) is 0.414. The van der Waals surface area contributed by atoms with Crippen LogP contribution in [0.3, 0.4) is 0 Å². The van der Waals surface area contributed by atoms with Gasteiger partial charge in [-0.25, -0.2) is 4.79 Å². The van der Waals surface area contributed by atoms with Crippen molar-refractivity contribution in [2.75, 3.05) is 0 Å². The van der Waals surface area contributed by atoms with Crippen molar-refractivity contribution in [3.63, 3.8) is 0 Å². The predicted molar refractivity (Wildman–Crippen MR) is 58.2 cm³/mol. The number of fused-ring (bicyclic) bond motifs is 1. The fourth-order valence-corrected chi connectivity index (χ4v) is 4.37. The van der Waals surface area contributed by atoms with E-state index in [0.717, 1.165) is 0 Å². The summed E-state index contributed by atoms with van der Waals surface area (Å²) < 4.78 is 33.5. The van der Waals surface area contributed by atoms with Crippen LogP contribution in [0.2, 0.25) is 0 Å². The molecule has 0 N–H and O–H groups in total. The van der Waals surface area contributed by atoms with Gasteiger partial charge in [0.1, 0.15) is 12.2 Å². The number of carbonyl (C=O) groups is 1. The van der Waals surface area contributed by atoms with Crippen LogP contribution in [-0.2, 0) is 23.8 Å². The molecular formula is C11H12O5S. The molecule has 0 aromatic carbocycles. The van der Waals surface area contributed by atoms with Crippen molar-refractivity contribution in [3.05, 3.63) is 23.1 Å². The van der Waals surface area contributed by atoms with E-state index in [9.17, 15) is 13.2 Å². The van der Waals surface area contributed by atoms with Crippen LogP contribution < -0.4 is 0 Å². The highest BCUT2D eigenvalue weighted by atomic mass is 32.2. The van der Waals surface area contributed by atoms with Crippen LogP contribution in [0.25, 0.3) is 0 Å². The standard InChI is InChI=1S/C11H12O5S/c1-5(2)11(12)15-9-6-3-7-8(4-6)17(13,14)16-10(7)9/h4,6-7,9-10H,1,3H2,2H3. The van der Waals surface area contributed by atoms with Crippen LogP contribution in [0.4, 0.5) is 0 Å². The Hall–Kier alpha value is -1.14. The lowest BCUT2D eigenvalue weighted by Crippen LogP contribution is -2.34. The lowest BCUT2D eigenvalue weighted by molar-refractivity contribution is -0.149. The van der Waals surface area contributed by atoms with Gasteiger partial charge >= 0.3 is 5.97 Å². The van der Waals surface area contributed by atoms with Gasteiger partial charge in [0.05, 0.1) is 4.91 Å². The number of hydrogen-bond acceptors (Lipinski definition) is 5. The zero-order valence-electron chi connectivity index (χ0n) is 9.25. The number of rotatable bonds is 2. The van der Waals surface area contributed by atoms with Crippen molar-refractivity contribution < 1.29 is 22.1 Å². The average molecular weight is 256 g/mol. The van der Waals surface area contributed by atoms with E-state index in [4.69, 9.17) is 8.92 Å². The van der Waals surface area contributed by atoms with E-state index in [-0.39, 0.29) is 11.8 Å². The summed E-state index contributed by atoms with van der Waals surface area (Å²) in [5.74, 6) is -0.668. The van der Waals surface area contributed by atoms with Gasteiger partial charge in [-0.1, -0.05) is 12.7 Å². The summed E-state index contributed by atoms with van der Waals surface area (Å²) in [6.07, 6.45) is 1.33. The Balaban J connectivity index is 1.87. The Kier molecular flexibility index (Phi) is 2.07. The summed E-state index contributed by atoms with van der Waals surface area (Å²) in [5, 5.41) is 0. The second kappa shape index (κ2) is 3.20. The lowest BCUT2D eigenvalue weighted by atomic mass is 10.0. The first-order valence-electron chi connectivity index (χ1n) is 5.41. The van der Waals surface area contributed by atoms with Crippen LogP contribution >= 0.6 is 0 Å². The van der Waals surface area contributed by atoms with Crippen molar-refractivity contribution in [1.82, 2.24) is 0 Å². The third kappa shape index (κ3) is 1.40. The van der Waals surface area contributed by atoms with Gasteiger partial charge in [0.2, 0.25) is 0 Å². The molecule has 0 amide bonds. The molecule has 6 heteroatoms. The Bertz CT molecular complexity index is 544. The maximum Gasteiger partial charge on any atom is 0.333 e. The summed E-state index contributed by atoms with van der Waals surface area (Å²) in [7, 11) is -3.57. The summed E-state index contributed by atoms with van der Waals surface area (Å²) in [5.41, 5.74) is 0.304. The van der Waals surface area contributed by atoms with Gasteiger partial charge in [-0.15, -0.1) is 0 Å². The smallest absolute Gasteiger partial charge is 0.333 e. The maximum atomic E-state index is 11.6. The molecule has 92 valence electrons. The van der Waals surface area contributed by atoms with Gasteiger partial charge in [-0.2, -0.15) is 8.42 Å². The maximum absolute atomic E-state index is 11.6. The first-order chi connectivity index (χ1) is 7.90. The molecule has 5 nitrogen and oxygen atoms in total. The molecule has 1 saturated heterocycles. The number of esters is 1. The van der Waals surface area contributed by atoms with Crippen LogP contribution in [0, 0.1) is 11.8 Å². The van der Waals surface area contributed by atoms with Crippen molar-refractivity contribution in [2.24, 2.45) is 11.8 Å². The van der Waals surface area contributed by atoms with Crippen molar-refractivity contribution >= 4 is 16.1 Å². The third-order valence-corrected chi connectivity index (χ3v) is 5.02. The monoisotopic (exact) mass is 256 g/mol. The molecule has 3 rings (SSSR count). The minimum absolute atomic E-state index is 0.0411. The summed E-state index contributed by atoms with van der Waals surface area (Å²) in [6.45, 7) is 5.06. The topological polar surface area (TPSA) is 69.7 Å². The summed E-state index contributed by atoms with van der Waals surface area (Å²) >= 11 is 0. The molecule has 1 heterocycles. The van der Waals surface area contributed by atoms with E-state index < -0.39 is 28.3 Å². The Morgan fingerprint density at radius 2 is 2.29 bits per heavy atom. The van der Waals surface area contributed by atoms with Crippen molar-refractivity contribution in [2.45, 2.75) is 25.6 Å². The molecule has 0 radical (unpaired) electrons. The Morgan fingerprint density at radius 3 is 2.94 bits per heavy atom. The van der Waals surface area contributed by atoms with Gasteiger partial charge in [0.25, 0.3) is 10.1 Å². The fraction of sp³-hybridized carbons (Fsp3) is 0.545. The second-order valence-electron chi connectivity index (χ2n) is 4.74. The van der Waals surface area contributed by atoms with Crippen LogP contribution in [0.5, 0.6) is 0 Å². The molecule has 1 saturated carbocycles. The van der Waals surface area contributed by atoms with Crippen molar-refractivity contribution in [1.29, 1.82) is 0 Å². The minimum atomic E-state index is -3.57. The average Bonchev–Trinajstić information content (AvgIpc) is 2.81. The first kappa shape index (κ1) is 11.0. The zero-order valence-corrected chi connectivity index (χ0v) is 10.1. The van der Waals surface area contributed by atoms with E-state index in [2.05, 4.69) is 6.58 Å². The molecule has 0 spiro atoms. The van der Waals surface area contributed by atoms with E-state index in [1.165, 1.54) is 0 Å². The van der Waals surface area contributed by atoms with Crippen molar-refractivity contribution in [3.8, 4) is 0 Å². The molecule has 0 aromatic rings. The van der Waals surface area contributed by atoms with Gasteiger partial charge < -0.3 is 4.74 Å². The number of carbonyl (C=O) groups excluding carboxylic acids is 1.